The van der Waals surface area contributed by atoms with E-state index in [4.69, 9.17) is 9.47 Å². The topological polar surface area (TPSA) is 147 Å². The summed E-state index contributed by atoms with van der Waals surface area (Å²) in [6.07, 6.45) is 3.44. The number of aromatic nitrogens is 1. The van der Waals surface area contributed by atoms with Crippen molar-refractivity contribution in [2.75, 3.05) is 28.3 Å². The normalized spacial score (nSPS) is 21.2. The van der Waals surface area contributed by atoms with Gasteiger partial charge in [-0.1, -0.05) is 25.3 Å². The lowest BCUT2D eigenvalue weighted by Gasteiger charge is -2.29. The maximum Gasteiger partial charge on any atom is 0.342 e. The van der Waals surface area contributed by atoms with Crippen molar-refractivity contribution in [2.24, 2.45) is 0 Å². The zero-order valence-corrected chi connectivity index (χ0v) is 24.3. The summed E-state index contributed by atoms with van der Waals surface area (Å²) in [4.78, 5) is 26.1. The molecule has 0 bridgehead atoms. The van der Waals surface area contributed by atoms with Crippen LogP contribution in [0.4, 0.5) is 0 Å². The van der Waals surface area contributed by atoms with Crippen LogP contribution >= 0.6 is 0 Å². The fraction of sp³-hybridized carbons (Fsp3) is 0.448. The van der Waals surface area contributed by atoms with Crippen LogP contribution in [0.15, 0.2) is 36.4 Å². The van der Waals surface area contributed by atoms with Gasteiger partial charge in [0.1, 0.15) is 11.9 Å². The zero-order chi connectivity index (χ0) is 29.7. The van der Waals surface area contributed by atoms with E-state index in [2.05, 4.69) is 4.72 Å². The van der Waals surface area contributed by atoms with Gasteiger partial charge in [0.05, 0.1) is 26.5 Å². The summed E-state index contributed by atoms with van der Waals surface area (Å²) in [7, 11) is 1.22. The number of methoxy groups -OCH3 is 2. The molecule has 2 heterocycles. The molecule has 1 aromatic heterocycles. The van der Waals surface area contributed by atoms with E-state index in [1.54, 1.807) is 41.0 Å². The number of nitrogens with one attached hydrogen (secondary N) is 1. The summed E-state index contributed by atoms with van der Waals surface area (Å²) in [5, 5.41) is 24.1. The van der Waals surface area contributed by atoms with Crippen LogP contribution in [0.1, 0.15) is 65.6 Å². The highest BCUT2D eigenvalue weighted by atomic mass is 32.2. The average molecular weight is 586 g/mol. The Kier molecular flexibility index (Phi) is 7.62. The first-order valence-electron chi connectivity index (χ1n) is 13.5. The Hall–Kier alpha value is -3.45. The first-order chi connectivity index (χ1) is 19.4. The molecule has 41 heavy (non-hydrogen) atoms. The number of fused-ring (bicyclic) bond motifs is 5. The molecule has 11 nitrogen and oxygen atoms in total. The first-order valence-corrected chi connectivity index (χ1v) is 14.9. The van der Waals surface area contributed by atoms with E-state index in [-0.39, 0.29) is 18.0 Å². The highest BCUT2D eigenvalue weighted by molar-refractivity contribution is 7.87. The lowest BCUT2D eigenvalue weighted by molar-refractivity contribution is -0.178. The molecule has 0 radical (unpaired) electrons. The highest BCUT2D eigenvalue weighted by Gasteiger charge is 2.50. The van der Waals surface area contributed by atoms with Gasteiger partial charge in [0.15, 0.2) is 0 Å². The van der Waals surface area contributed by atoms with Gasteiger partial charge >= 0.3 is 16.2 Å². The molecule has 0 spiro atoms. The Balaban J connectivity index is 1.82. The predicted molar refractivity (Wildman–Crippen MR) is 152 cm³/mol. The highest BCUT2D eigenvalue weighted by Crippen LogP contribution is 2.50. The molecule has 2 aliphatic rings. The molecule has 2 aromatic carbocycles. The third-order valence-electron chi connectivity index (χ3n) is 8.28. The van der Waals surface area contributed by atoms with Crippen molar-refractivity contribution in [1.82, 2.24) is 13.6 Å². The van der Waals surface area contributed by atoms with Crippen LogP contribution in [0.3, 0.4) is 0 Å². The second-order valence-electron chi connectivity index (χ2n) is 10.9. The van der Waals surface area contributed by atoms with Crippen molar-refractivity contribution in [3.8, 4) is 17.0 Å². The number of aliphatic hydroxyl groups excluding tert-OH is 1. The third-order valence-corrected chi connectivity index (χ3v) is 9.69. The van der Waals surface area contributed by atoms with Crippen LogP contribution in [0, 0.1) is 0 Å². The summed E-state index contributed by atoms with van der Waals surface area (Å²) in [5.41, 5.74) is 0.890. The van der Waals surface area contributed by atoms with Crippen molar-refractivity contribution in [3.05, 3.63) is 53.1 Å². The summed E-state index contributed by atoms with van der Waals surface area (Å²) < 4.78 is 39.8. The molecule has 1 saturated carbocycles. The van der Waals surface area contributed by atoms with E-state index < -0.39 is 33.8 Å². The lowest BCUT2D eigenvalue weighted by atomic mass is 9.80. The molecule has 2 atom stereocenters. The molecule has 220 valence electrons. The Bertz CT molecular complexity index is 1620. The summed E-state index contributed by atoms with van der Waals surface area (Å²) in [6, 6.07) is 10.1. The second-order valence-corrected chi connectivity index (χ2v) is 12.8. The van der Waals surface area contributed by atoms with Crippen molar-refractivity contribution in [3.63, 3.8) is 0 Å². The van der Waals surface area contributed by atoms with Gasteiger partial charge in [0.2, 0.25) is 5.60 Å². The Morgan fingerprint density at radius 1 is 1.07 bits per heavy atom. The maximum atomic E-state index is 13.1. The van der Waals surface area contributed by atoms with E-state index in [0.717, 1.165) is 60.2 Å². The van der Waals surface area contributed by atoms with Gasteiger partial charge in [0.25, 0.3) is 5.91 Å². The minimum atomic E-state index is -4.04. The minimum absolute atomic E-state index is 0.0831. The maximum absolute atomic E-state index is 13.1. The van der Waals surface area contributed by atoms with E-state index in [1.165, 1.54) is 21.2 Å². The van der Waals surface area contributed by atoms with Crippen LogP contribution in [-0.2, 0) is 26.3 Å². The van der Waals surface area contributed by atoms with Crippen molar-refractivity contribution in [1.29, 1.82) is 0 Å². The van der Waals surface area contributed by atoms with Gasteiger partial charge < -0.3 is 24.3 Å². The molecule has 1 aliphatic carbocycles. The van der Waals surface area contributed by atoms with Gasteiger partial charge in [-0.2, -0.15) is 12.7 Å². The van der Waals surface area contributed by atoms with E-state index >= 15 is 0 Å². The number of hydrogen-bond acceptors (Lipinski definition) is 8. The van der Waals surface area contributed by atoms with Gasteiger partial charge in [-0.05, 0) is 60.2 Å². The van der Waals surface area contributed by atoms with E-state index in [9.17, 15) is 28.2 Å². The van der Waals surface area contributed by atoms with Crippen LogP contribution in [0.5, 0.6) is 5.75 Å². The molecular weight excluding hydrogens is 550 g/mol. The zero-order valence-electron chi connectivity index (χ0n) is 23.5. The summed E-state index contributed by atoms with van der Waals surface area (Å²) >= 11 is 0. The number of carbonyl (C=O) groups excluding carboxylic acids is 2. The SMILES string of the molecule is COC(=O)C1(O)Cn2c(c(C3CCCCC3)c3ccc(C(=O)NS(=O)(=O)N(C)C)cc32)-c2ccc(OC)cc2C1O. The molecule has 2 unspecified atom stereocenters. The van der Waals surface area contributed by atoms with Crippen molar-refractivity contribution in [2.45, 2.75) is 56.3 Å². The number of ether oxygens (including phenoxy) is 2. The van der Waals surface area contributed by atoms with Crippen LogP contribution in [0.2, 0.25) is 0 Å². The fourth-order valence-corrected chi connectivity index (χ4v) is 6.63. The van der Waals surface area contributed by atoms with Gasteiger partial charge in [-0.3, -0.25) is 4.79 Å². The van der Waals surface area contributed by atoms with Crippen LogP contribution in [0.25, 0.3) is 22.2 Å². The molecule has 5 rings (SSSR count). The largest absolute Gasteiger partial charge is 0.497 e. The number of rotatable bonds is 6. The molecule has 3 aromatic rings. The molecule has 1 aliphatic heterocycles. The van der Waals surface area contributed by atoms with E-state index in [0.29, 0.717) is 22.4 Å². The lowest BCUT2D eigenvalue weighted by Crippen LogP contribution is -2.48. The molecule has 12 heteroatoms. The molecular formula is C29H35N3O8S. The predicted octanol–water partition coefficient (Wildman–Crippen LogP) is 2.85. The molecule has 3 N–H and O–H groups in total. The number of esters is 1. The fourth-order valence-electron chi connectivity index (χ4n) is 6.09. The summed E-state index contributed by atoms with van der Waals surface area (Å²) in [5.74, 6) is -1.23. The second kappa shape index (κ2) is 10.8. The number of hydrogen-bond donors (Lipinski definition) is 3. The first kappa shape index (κ1) is 29.1. The third kappa shape index (κ3) is 4.88. The molecule has 0 saturated heterocycles. The number of benzene rings is 2. The number of nitrogens with zero attached hydrogens (tertiary/aromatic N) is 2. The van der Waals surface area contributed by atoms with Gasteiger partial charge in [0, 0.05) is 36.1 Å². The average Bonchev–Trinajstić information content (AvgIpc) is 3.23. The van der Waals surface area contributed by atoms with Gasteiger partial charge in [-0.15, -0.1) is 0 Å². The standard InChI is InChI=1S/C29H35N3O8S/c1-31(2)41(37,38)30-27(34)18-10-12-21-23(14-18)32-16-29(36,28(35)40-4)26(33)22-15-19(39-3)11-13-20(22)25(32)24(21)17-8-6-5-7-9-17/h10-15,17,26,33,36H,5-9,16H2,1-4H3,(H,30,34). The summed E-state index contributed by atoms with van der Waals surface area (Å²) in [6.45, 7) is -0.364. The number of carbonyl (C=O) groups is 2. The van der Waals surface area contributed by atoms with Crippen LogP contribution < -0.4 is 9.46 Å². The quantitative estimate of drug-likeness (QED) is 0.374. The minimum Gasteiger partial charge on any atom is -0.497 e. The number of amides is 1. The monoisotopic (exact) mass is 585 g/mol. The van der Waals surface area contributed by atoms with Crippen molar-refractivity contribution >= 4 is 33.0 Å². The van der Waals surface area contributed by atoms with Crippen LogP contribution in [-0.4, -0.2) is 73.3 Å². The Morgan fingerprint density at radius 2 is 1.78 bits per heavy atom. The Morgan fingerprint density at radius 3 is 2.41 bits per heavy atom. The van der Waals surface area contributed by atoms with E-state index in [1.807, 2.05) is 0 Å². The van der Waals surface area contributed by atoms with Gasteiger partial charge in [-0.25, -0.2) is 9.52 Å². The molecule has 1 amide bonds. The Labute approximate surface area is 238 Å². The van der Waals surface area contributed by atoms with Crippen molar-refractivity contribution < 1.29 is 37.7 Å². The number of aliphatic hydroxyl groups is 2. The molecule has 1 fully saturated rings. The smallest absolute Gasteiger partial charge is 0.342 e.